The van der Waals surface area contributed by atoms with Crippen molar-refractivity contribution in [1.82, 2.24) is 4.98 Å². The highest BCUT2D eigenvalue weighted by Crippen LogP contribution is 2.16. The molecule has 48 valence electrons. The number of aldehydes is 1. The Morgan fingerprint density at radius 3 is 2.67 bits per heavy atom. The average Bonchev–Trinajstić information content (AvgIpc) is 2.10. The summed E-state index contributed by atoms with van der Waals surface area (Å²) < 4.78 is 0. The van der Waals surface area contributed by atoms with Gasteiger partial charge in [-0.3, -0.25) is 4.79 Å². The Kier molecular flexibility index (Phi) is 1.48. The Morgan fingerprint density at radius 2 is 2.44 bits per heavy atom. The van der Waals surface area contributed by atoms with E-state index >= 15 is 0 Å². The lowest BCUT2D eigenvalue weighted by atomic mass is 10.4. The summed E-state index contributed by atoms with van der Waals surface area (Å²) in [6, 6.07) is 0. The Balaban J connectivity index is 3.15. The number of carbonyl (C=O) groups is 1. The van der Waals surface area contributed by atoms with Crippen molar-refractivity contribution < 1.29 is 4.79 Å². The maximum Gasteiger partial charge on any atom is 0.180 e. The summed E-state index contributed by atoms with van der Waals surface area (Å²) in [4.78, 5) is 14.8. The van der Waals surface area contributed by atoms with E-state index in [1.165, 1.54) is 11.3 Å². The fourth-order valence-electron chi connectivity index (χ4n) is 0.539. The van der Waals surface area contributed by atoms with Gasteiger partial charge in [0.05, 0.1) is 0 Å². The Labute approximate surface area is 56.5 Å². The highest BCUT2D eigenvalue weighted by molar-refractivity contribution is 7.15. The maximum absolute atomic E-state index is 10.1. The predicted octanol–water partition coefficient (Wildman–Crippen LogP) is 0.846. The monoisotopic (exact) mass is 142 g/mol. The number of nitrogen functional groups attached to an aromatic ring is 1. The van der Waals surface area contributed by atoms with E-state index < -0.39 is 0 Å². The molecule has 2 N–H and O–H groups in total. The molecule has 0 fully saturated rings. The minimum atomic E-state index is 0.453. The molecule has 0 saturated carbocycles. The second-order valence-electron chi connectivity index (χ2n) is 1.61. The fourth-order valence-corrected chi connectivity index (χ4v) is 1.19. The van der Waals surface area contributed by atoms with E-state index in [1.807, 2.05) is 6.92 Å². The van der Waals surface area contributed by atoms with E-state index in [9.17, 15) is 4.79 Å². The molecule has 0 saturated heterocycles. The van der Waals surface area contributed by atoms with Crippen molar-refractivity contribution in [2.24, 2.45) is 0 Å². The molecule has 1 rings (SSSR count). The number of rotatable bonds is 1. The second-order valence-corrected chi connectivity index (χ2v) is 2.85. The molecule has 0 aliphatic heterocycles. The molecule has 0 amide bonds. The van der Waals surface area contributed by atoms with Crippen LogP contribution >= 0.6 is 11.3 Å². The molecule has 4 heteroatoms. The number of aromatic nitrogens is 1. The maximum atomic E-state index is 10.1. The molecule has 1 aromatic heterocycles. The van der Waals surface area contributed by atoms with Gasteiger partial charge < -0.3 is 5.73 Å². The average molecular weight is 142 g/mol. The van der Waals surface area contributed by atoms with Gasteiger partial charge in [0.25, 0.3) is 0 Å². The van der Waals surface area contributed by atoms with Gasteiger partial charge in [0.15, 0.2) is 11.4 Å². The van der Waals surface area contributed by atoms with Gasteiger partial charge in [0.1, 0.15) is 5.69 Å². The van der Waals surface area contributed by atoms with Crippen LogP contribution in [0.4, 0.5) is 5.13 Å². The largest absolute Gasteiger partial charge is 0.375 e. The molecule has 1 heterocycles. The standard InChI is InChI=1S/C5H6N2OS/c1-3-4(2-8)7-5(6)9-3/h2H,1H3,(H2,6,7). The van der Waals surface area contributed by atoms with Crippen molar-refractivity contribution >= 4 is 22.8 Å². The summed E-state index contributed by atoms with van der Waals surface area (Å²) in [6.07, 6.45) is 0.711. The van der Waals surface area contributed by atoms with Crippen molar-refractivity contribution in [3.05, 3.63) is 10.6 Å². The van der Waals surface area contributed by atoms with Crippen molar-refractivity contribution in [2.75, 3.05) is 5.73 Å². The minimum Gasteiger partial charge on any atom is -0.375 e. The van der Waals surface area contributed by atoms with Crippen molar-refractivity contribution in [3.63, 3.8) is 0 Å². The molecule has 0 bridgehead atoms. The normalized spacial score (nSPS) is 9.44. The van der Waals surface area contributed by atoms with Crippen molar-refractivity contribution in [2.45, 2.75) is 6.92 Å². The first kappa shape index (κ1) is 6.22. The molecule has 0 spiro atoms. The number of thiazole rings is 1. The summed E-state index contributed by atoms with van der Waals surface area (Å²) in [5.41, 5.74) is 5.76. The van der Waals surface area contributed by atoms with Gasteiger partial charge in [0, 0.05) is 4.88 Å². The van der Waals surface area contributed by atoms with Gasteiger partial charge in [-0.05, 0) is 6.92 Å². The quantitative estimate of drug-likeness (QED) is 0.591. The minimum absolute atomic E-state index is 0.453. The first-order valence-electron chi connectivity index (χ1n) is 2.42. The molecule has 0 aliphatic carbocycles. The zero-order chi connectivity index (χ0) is 6.85. The van der Waals surface area contributed by atoms with E-state index in [0.29, 0.717) is 17.1 Å². The van der Waals surface area contributed by atoms with Crippen molar-refractivity contribution in [1.29, 1.82) is 0 Å². The molecule has 0 aromatic carbocycles. The molecule has 0 radical (unpaired) electrons. The Hall–Kier alpha value is -0.900. The number of hydrogen-bond acceptors (Lipinski definition) is 4. The van der Waals surface area contributed by atoms with Crippen LogP contribution in [0.3, 0.4) is 0 Å². The summed E-state index contributed by atoms with van der Waals surface area (Å²) in [5, 5.41) is 0.453. The third-order valence-corrected chi connectivity index (χ3v) is 1.78. The number of carbonyl (C=O) groups excluding carboxylic acids is 1. The molecule has 0 atom stereocenters. The number of hydrogen-bond donors (Lipinski definition) is 1. The number of nitrogens with zero attached hydrogens (tertiary/aromatic N) is 1. The van der Waals surface area contributed by atoms with E-state index in [2.05, 4.69) is 4.98 Å². The van der Waals surface area contributed by atoms with Crippen LogP contribution < -0.4 is 5.73 Å². The number of anilines is 1. The zero-order valence-corrected chi connectivity index (χ0v) is 5.73. The van der Waals surface area contributed by atoms with Gasteiger partial charge in [-0.15, -0.1) is 11.3 Å². The van der Waals surface area contributed by atoms with Crippen LogP contribution in [0, 0.1) is 6.92 Å². The summed E-state index contributed by atoms with van der Waals surface area (Å²) in [5.74, 6) is 0. The summed E-state index contributed by atoms with van der Waals surface area (Å²) >= 11 is 1.33. The third kappa shape index (κ3) is 1.08. The molecule has 9 heavy (non-hydrogen) atoms. The van der Waals surface area contributed by atoms with Crippen LogP contribution in [-0.4, -0.2) is 11.3 Å². The predicted molar refractivity (Wildman–Crippen MR) is 36.7 cm³/mol. The zero-order valence-electron chi connectivity index (χ0n) is 4.92. The number of aryl methyl sites for hydroxylation is 1. The van der Waals surface area contributed by atoms with Crippen LogP contribution in [0.15, 0.2) is 0 Å². The lowest BCUT2D eigenvalue weighted by molar-refractivity contribution is 0.111. The van der Waals surface area contributed by atoms with Gasteiger partial charge >= 0.3 is 0 Å². The smallest absolute Gasteiger partial charge is 0.180 e. The molecule has 3 nitrogen and oxygen atoms in total. The fraction of sp³-hybridized carbons (Fsp3) is 0.200. The van der Waals surface area contributed by atoms with Crippen LogP contribution in [0.5, 0.6) is 0 Å². The molecular weight excluding hydrogens is 136 g/mol. The highest BCUT2D eigenvalue weighted by atomic mass is 32.1. The van der Waals surface area contributed by atoms with E-state index in [0.717, 1.165) is 4.88 Å². The van der Waals surface area contributed by atoms with Crippen LogP contribution in [0.1, 0.15) is 15.4 Å². The first-order valence-corrected chi connectivity index (χ1v) is 3.24. The van der Waals surface area contributed by atoms with Gasteiger partial charge in [-0.2, -0.15) is 0 Å². The summed E-state index contributed by atoms with van der Waals surface area (Å²) in [7, 11) is 0. The highest BCUT2D eigenvalue weighted by Gasteiger charge is 2.01. The SMILES string of the molecule is Cc1sc(N)nc1C=O. The topological polar surface area (TPSA) is 56.0 Å². The van der Waals surface area contributed by atoms with Crippen LogP contribution in [0.2, 0.25) is 0 Å². The number of nitrogens with two attached hydrogens (primary N) is 1. The Bertz CT molecular complexity index is 231. The molecular formula is C5H6N2OS. The molecule has 0 aliphatic rings. The molecule has 1 aromatic rings. The van der Waals surface area contributed by atoms with Crippen LogP contribution in [0.25, 0.3) is 0 Å². The van der Waals surface area contributed by atoms with E-state index in [1.54, 1.807) is 0 Å². The summed E-state index contributed by atoms with van der Waals surface area (Å²) in [6.45, 7) is 1.82. The van der Waals surface area contributed by atoms with Crippen LogP contribution in [-0.2, 0) is 0 Å². The Morgan fingerprint density at radius 1 is 1.78 bits per heavy atom. The van der Waals surface area contributed by atoms with Gasteiger partial charge in [0.2, 0.25) is 0 Å². The van der Waals surface area contributed by atoms with E-state index in [-0.39, 0.29) is 0 Å². The van der Waals surface area contributed by atoms with E-state index in [4.69, 9.17) is 5.73 Å². The third-order valence-electron chi connectivity index (χ3n) is 0.961. The van der Waals surface area contributed by atoms with Gasteiger partial charge in [-0.1, -0.05) is 0 Å². The second kappa shape index (κ2) is 2.14. The lowest BCUT2D eigenvalue weighted by Crippen LogP contribution is -1.84. The first-order chi connectivity index (χ1) is 4.24. The lowest BCUT2D eigenvalue weighted by Gasteiger charge is -1.76. The van der Waals surface area contributed by atoms with Gasteiger partial charge in [-0.25, -0.2) is 4.98 Å². The molecule has 0 unspecified atom stereocenters. The van der Waals surface area contributed by atoms with Crippen molar-refractivity contribution in [3.8, 4) is 0 Å².